The minimum atomic E-state index is -0.637. The number of hydrogen-bond acceptors (Lipinski definition) is 4. The number of carbonyl (C=O) groups is 2. The molecule has 0 bridgehead atoms. The van der Waals surface area contributed by atoms with Crippen molar-refractivity contribution in [1.29, 1.82) is 0 Å². The van der Waals surface area contributed by atoms with Crippen LogP contribution < -0.4 is 5.32 Å². The van der Waals surface area contributed by atoms with Gasteiger partial charge in [-0.3, -0.25) is 9.78 Å². The predicted molar refractivity (Wildman–Crippen MR) is 71.9 cm³/mol. The second kappa shape index (κ2) is 6.52. The molecule has 0 fully saturated rings. The summed E-state index contributed by atoms with van der Waals surface area (Å²) in [4.78, 5) is 27.3. The quantitative estimate of drug-likeness (QED) is 0.661. The van der Waals surface area contributed by atoms with Crippen molar-refractivity contribution >= 4 is 23.5 Å². The topological polar surface area (TPSA) is 68.3 Å². The number of nitrogens with one attached hydrogen (secondary N) is 1. The third kappa shape index (κ3) is 4.21. The van der Waals surface area contributed by atoms with Crippen LogP contribution in [0.1, 0.15) is 29.9 Å². The van der Waals surface area contributed by atoms with E-state index in [1.165, 1.54) is 13.3 Å². The molecule has 0 unspecified atom stereocenters. The first-order chi connectivity index (χ1) is 8.90. The highest BCUT2D eigenvalue weighted by atomic mass is 35.5. The van der Waals surface area contributed by atoms with Gasteiger partial charge in [-0.05, 0) is 26.0 Å². The molecule has 0 aromatic carbocycles. The summed E-state index contributed by atoms with van der Waals surface area (Å²) in [6, 6.07) is 3.14. The Labute approximate surface area is 117 Å². The van der Waals surface area contributed by atoms with Crippen molar-refractivity contribution in [2.75, 3.05) is 13.0 Å². The Morgan fingerprint density at radius 3 is 2.74 bits per heavy atom. The molecule has 1 heterocycles. The van der Waals surface area contributed by atoms with Crippen LogP contribution in [0.2, 0.25) is 0 Å². The minimum Gasteiger partial charge on any atom is -0.465 e. The summed E-state index contributed by atoms with van der Waals surface area (Å²) in [7, 11) is 1.31. The van der Waals surface area contributed by atoms with Crippen molar-refractivity contribution in [3.8, 4) is 0 Å². The Balaban J connectivity index is 2.69. The van der Waals surface area contributed by atoms with E-state index in [2.05, 4.69) is 15.0 Å². The summed E-state index contributed by atoms with van der Waals surface area (Å²) < 4.78 is 4.62. The van der Waals surface area contributed by atoms with E-state index < -0.39 is 11.4 Å². The SMILES string of the molecule is COC(=O)c1ccnc(CNC(=O)C(C)(C)CCl)c1. The van der Waals surface area contributed by atoms with E-state index in [0.717, 1.165) is 0 Å². The average molecular weight is 285 g/mol. The molecule has 0 saturated heterocycles. The zero-order valence-corrected chi connectivity index (χ0v) is 12.0. The normalized spacial score (nSPS) is 10.9. The third-order valence-corrected chi connectivity index (χ3v) is 3.28. The summed E-state index contributed by atoms with van der Waals surface area (Å²) in [6.45, 7) is 3.76. The Morgan fingerprint density at radius 1 is 1.47 bits per heavy atom. The minimum absolute atomic E-state index is 0.159. The van der Waals surface area contributed by atoms with Gasteiger partial charge in [0.1, 0.15) is 0 Å². The number of methoxy groups -OCH3 is 1. The first-order valence-electron chi connectivity index (χ1n) is 5.78. The van der Waals surface area contributed by atoms with Crippen LogP contribution in [0.4, 0.5) is 0 Å². The van der Waals surface area contributed by atoms with Gasteiger partial charge in [0.25, 0.3) is 0 Å². The second-order valence-corrected chi connectivity index (χ2v) is 4.99. The maximum Gasteiger partial charge on any atom is 0.337 e. The van der Waals surface area contributed by atoms with Gasteiger partial charge in [0.15, 0.2) is 0 Å². The zero-order valence-electron chi connectivity index (χ0n) is 11.2. The highest BCUT2D eigenvalue weighted by Crippen LogP contribution is 2.17. The molecule has 0 atom stereocenters. The maximum absolute atomic E-state index is 11.8. The number of carbonyl (C=O) groups excluding carboxylic acids is 2. The van der Waals surface area contributed by atoms with Gasteiger partial charge in [-0.15, -0.1) is 11.6 Å². The van der Waals surface area contributed by atoms with Crippen LogP contribution >= 0.6 is 11.6 Å². The molecule has 1 aromatic heterocycles. The standard InChI is InChI=1S/C13H17ClN2O3/c1-13(2,8-14)12(18)16-7-10-6-9(4-5-15-10)11(17)19-3/h4-6H,7-8H2,1-3H3,(H,16,18). The molecule has 0 aliphatic carbocycles. The summed E-state index contributed by atoms with van der Waals surface area (Å²) in [5.74, 6) is -0.363. The molecule has 0 saturated carbocycles. The van der Waals surface area contributed by atoms with Gasteiger partial charge in [0.05, 0.1) is 30.3 Å². The lowest BCUT2D eigenvalue weighted by Gasteiger charge is -2.20. The number of rotatable bonds is 5. The Bertz CT molecular complexity index is 475. The fraction of sp³-hybridized carbons (Fsp3) is 0.462. The Morgan fingerprint density at radius 2 is 2.16 bits per heavy atom. The van der Waals surface area contributed by atoms with Crippen molar-refractivity contribution in [3.05, 3.63) is 29.6 Å². The average Bonchev–Trinajstić information content (AvgIpc) is 2.43. The van der Waals surface area contributed by atoms with E-state index in [1.807, 2.05) is 0 Å². The molecule has 0 aliphatic rings. The van der Waals surface area contributed by atoms with Crippen LogP contribution in [0.5, 0.6) is 0 Å². The van der Waals surface area contributed by atoms with Crippen molar-refractivity contribution in [1.82, 2.24) is 10.3 Å². The largest absolute Gasteiger partial charge is 0.465 e. The molecular weight excluding hydrogens is 268 g/mol. The Kier molecular flexibility index (Phi) is 5.30. The van der Waals surface area contributed by atoms with Gasteiger partial charge < -0.3 is 10.1 Å². The molecule has 0 radical (unpaired) electrons. The lowest BCUT2D eigenvalue weighted by molar-refractivity contribution is -0.128. The molecule has 0 spiro atoms. The number of ether oxygens (including phenoxy) is 1. The number of aromatic nitrogens is 1. The molecule has 1 aromatic rings. The van der Waals surface area contributed by atoms with E-state index in [4.69, 9.17) is 11.6 Å². The van der Waals surface area contributed by atoms with Gasteiger partial charge >= 0.3 is 5.97 Å². The van der Waals surface area contributed by atoms with Crippen LogP contribution in [-0.2, 0) is 16.1 Å². The van der Waals surface area contributed by atoms with Gasteiger partial charge in [-0.25, -0.2) is 4.79 Å². The molecular formula is C13H17ClN2O3. The molecule has 104 valence electrons. The van der Waals surface area contributed by atoms with E-state index in [-0.39, 0.29) is 18.3 Å². The lowest BCUT2D eigenvalue weighted by Crippen LogP contribution is -2.37. The monoisotopic (exact) mass is 284 g/mol. The van der Waals surface area contributed by atoms with E-state index in [9.17, 15) is 9.59 Å². The summed E-state index contributed by atoms with van der Waals surface area (Å²) in [5, 5.41) is 2.74. The second-order valence-electron chi connectivity index (χ2n) is 4.73. The number of alkyl halides is 1. The molecule has 1 amide bonds. The maximum atomic E-state index is 11.8. The first kappa shape index (κ1) is 15.4. The fourth-order valence-electron chi connectivity index (χ4n) is 1.29. The number of nitrogens with zero attached hydrogens (tertiary/aromatic N) is 1. The number of halogens is 1. The number of hydrogen-bond donors (Lipinski definition) is 1. The van der Waals surface area contributed by atoms with Crippen LogP contribution in [0.25, 0.3) is 0 Å². The van der Waals surface area contributed by atoms with Crippen LogP contribution in [0.3, 0.4) is 0 Å². The van der Waals surface area contributed by atoms with Gasteiger partial charge in [-0.2, -0.15) is 0 Å². The number of pyridine rings is 1. The third-order valence-electron chi connectivity index (χ3n) is 2.62. The molecule has 6 heteroatoms. The van der Waals surface area contributed by atoms with Crippen molar-refractivity contribution < 1.29 is 14.3 Å². The van der Waals surface area contributed by atoms with Crippen molar-refractivity contribution in [2.45, 2.75) is 20.4 Å². The predicted octanol–water partition coefficient (Wildman–Crippen LogP) is 1.75. The lowest BCUT2D eigenvalue weighted by atomic mass is 9.95. The molecule has 0 aliphatic heterocycles. The smallest absolute Gasteiger partial charge is 0.337 e. The van der Waals surface area contributed by atoms with Gasteiger partial charge in [0, 0.05) is 12.1 Å². The highest BCUT2D eigenvalue weighted by molar-refractivity contribution is 6.19. The summed E-state index contributed by atoms with van der Waals surface area (Å²) in [6.07, 6.45) is 1.50. The van der Waals surface area contributed by atoms with E-state index in [1.54, 1.807) is 26.0 Å². The van der Waals surface area contributed by atoms with Gasteiger partial charge in [0.2, 0.25) is 5.91 Å². The molecule has 19 heavy (non-hydrogen) atoms. The van der Waals surface area contributed by atoms with Crippen LogP contribution in [-0.4, -0.2) is 29.9 Å². The van der Waals surface area contributed by atoms with Crippen LogP contribution in [0, 0.1) is 5.41 Å². The van der Waals surface area contributed by atoms with E-state index >= 15 is 0 Å². The first-order valence-corrected chi connectivity index (χ1v) is 6.31. The van der Waals surface area contributed by atoms with Crippen molar-refractivity contribution in [3.63, 3.8) is 0 Å². The number of amides is 1. The molecule has 5 nitrogen and oxygen atoms in total. The van der Waals surface area contributed by atoms with Crippen LogP contribution in [0.15, 0.2) is 18.3 Å². The van der Waals surface area contributed by atoms with Crippen molar-refractivity contribution in [2.24, 2.45) is 5.41 Å². The zero-order chi connectivity index (χ0) is 14.5. The van der Waals surface area contributed by atoms with E-state index in [0.29, 0.717) is 11.3 Å². The highest BCUT2D eigenvalue weighted by Gasteiger charge is 2.26. The molecule has 1 rings (SSSR count). The summed E-state index contributed by atoms with van der Waals surface area (Å²) in [5.41, 5.74) is 0.349. The molecule has 1 N–H and O–H groups in total. The fourth-order valence-corrected chi connectivity index (χ4v) is 1.41. The number of esters is 1. The Hall–Kier alpha value is -1.62. The van der Waals surface area contributed by atoms with Gasteiger partial charge in [-0.1, -0.05) is 0 Å². The summed E-state index contributed by atoms with van der Waals surface area (Å²) >= 11 is 5.72.